The van der Waals surface area contributed by atoms with Crippen molar-refractivity contribution in [2.24, 2.45) is 5.92 Å². The standard InChI is InChI=1S/C16H21N6O5P/c1-3-9-6-11(7-26-28(23,24)25)27-15(9)22-8-18-12-13(21(2)10-4-5-10)19-16(17)20-14(12)22/h1,8-11,15H,4-7H2,2H3,(H2,17,19,20)(H2,23,24,25)/t9-,11-,15+/m0/s1. The van der Waals surface area contributed by atoms with Crippen molar-refractivity contribution in [2.45, 2.75) is 37.6 Å². The second-order valence-electron chi connectivity index (χ2n) is 7.02. The number of nitrogens with two attached hydrogens (primary N) is 1. The summed E-state index contributed by atoms with van der Waals surface area (Å²) >= 11 is 0. The number of aromatic nitrogens is 4. The molecule has 1 aliphatic carbocycles. The van der Waals surface area contributed by atoms with Gasteiger partial charge in [-0.3, -0.25) is 9.09 Å². The minimum atomic E-state index is -4.59. The first-order chi connectivity index (χ1) is 13.3. The lowest BCUT2D eigenvalue weighted by Crippen LogP contribution is -2.22. The Morgan fingerprint density at radius 2 is 2.25 bits per heavy atom. The molecular weight excluding hydrogens is 387 g/mol. The second-order valence-corrected chi connectivity index (χ2v) is 8.25. The topological polar surface area (TPSA) is 149 Å². The van der Waals surface area contributed by atoms with Gasteiger partial charge < -0.3 is 25.2 Å². The van der Waals surface area contributed by atoms with E-state index < -0.39 is 20.2 Å². The molecule has 2 aromatic rings. The highest BCUT2D eigenvalue weighted by Crippen LogP contribution is 2.41. The van der Waals surface area contributed by atoms with Crippen LogP contribution in [0.4, 0.5) is 11.8 Å². The third kappa shape index (κ3) is 3.70. The summed E-state index contributed by atoms with van der Waals surface area (Å²) in [5, 5.41) is 0. The van der Waals surface area contributed by atoms with Crippen molar-refractivity contribution in [3.05, 3.63) is 6.33 Å². The Kier molecular flexibility index (Phi) is 4.77. The molecule has 1 saturated carbocycles. The molecular formula is C16H21N6O5P. The molecule has 4 rings (SSSR count). The molecule has 11 nitrogen and oxygen atoms in total. The van der Waals surface area contributed by atoms with Crippen LogP contribution < -0.4 is 10.6 Å². The van der Waals surface area contributed by atoms with Gasteiger partial charge in [0.05, 0.1) is 25.0 Å². The number of phosphoric ester groups is 1. The van der Waals surface area contributed by atoms with Gasteiger partial charge >= 0.3 is 7.82 Å². The fourth-order valence-corrected chi connectivity index (χ4v) is 3.79. The fraction of sp³-hybridized carbons (Fsp3) is 0.562. The number of imidazole rings is 1. The van der Waals surface area contributed by atoms with E-state index in [1.165, 1.54) is 0 Å². The summed E-state index contributed by atoms with van der Waals surface area (Å²) in [6.07, 6.45) is 8.62. The van der Waals surface area contributed by atoms with Crippen LogP contribution in [-0.4, -0.2) is 55.1 Å². The number of hydrogen-bond donors (Lipinski definition) is 3. The lowest BCUT2D eigenvalue weighted by molar-refractivity contribution is -0.0259. The number of hydrogen-bond acceptors (Lipinski definition) is 8. The van der Waals surface area contributed by atoms with Gasteiger partial charge in [-0.1, -0.05) is 5.92 Å². The largest absolute Gasteiger partial charge is 0.469 e. The number of rotatable bonds is 6. The smallest absolute Gasteiger partial charge is 0.368 e. The molecule has 2 fully saturated rings. The maximum absolute atomic E-state index is 10.9. The first-order valence-corrected chi connectivity index (χ1v) is 10.3. The molecule has 4 N–H and O–H groups in total. The SMILES string of the molecule is C#C[C@H]1C[C@@H](COP(=O)(O)O)O[C@H]1n1cnc2c(N(C)C3CC3)nc(N)nc21. The first kappa shape index (κ1) is 19.1. The predicted molar refractivity (Wildman–Crippen MR) is 100 cm³/mol. The van der Waals surface area contributed by atoms with Crippen molar-refractivity contribution in [2.75, 3.05) is 24.3 Å². The highest BCUT2D eigenvalue weighted by Gasteiger charge is 2.38. The quantitative estimate of drug-likeness (QED) is 0.459. The summed E-state index contributed by atoms with van der Waals surface area (Å²) in [5.41, 5.74) is 7.01. The van der Waals surface area contributed by atoms with Crippen LogP contribution in [0.3, 0.4) is 0 Å². The molecule has 2 aliphatic rings. The van der Waals surface area contributed by atoms with Crippen LogP contribution in [0.25, 0.3) is 11.2 Å². The van der Waals surface area contributed by atoms with Gasteiger partial charge in [0.1, 0.15) is 0 Å². The molecule has 2 aromatic heterocycles. The lowest BCUT2D eigenvalue weighted by Gasteiger charge is -2.19. The fourth-order valence-electron chi connectivity index (χ4n) is 3.43. The molecule has 0 unspecified atom stereocenters. The number of terminal acetylenes is 1. The predicted octanol–water partition coefficient (Wildman–Crippen LogP) is 0.653. The normalized spacial score (nSPS) is 25.1. The zero-order valence-corrected chi connectivity index (χ0v) is 16.1. The summed E-state index contributed by atoms with van der Waals surface area (Å²) < 4.78 is 23.1. The van der Waals surface area contributed by atoms with Crippen molar-refractivity contribution in [3.8, 4) is 12.3 Å². The van der Waals surface area contributed by atoms with Gasteiger partial charge in [0, 0.05) is 13.1 Å². The Labute approximate surface area is 161 Å². The molecule has 1 aliphatic heterocycles. The molecule has 0 aromatic carbocycles. The van der Waals surface area contributed by atoms with Crippen LogP contribution in [-0.2, 0) is 13.8 Å². The van der Waals surface area contributed by atoms with Crippen molar-refractivity contribution in [1.29, 1.82) is 0 Å². The van der Waals surface area contributed by atoms with Crippen LogP contribution in [0, 0.1) is 18.3 Å². The minimum Gasteiger partial charge on any atom is -0.368 e. The highest BCUT2D eigenvalue weighted by atomic mass is 31.2. The van der Waals surface area contributed by atoms with Crippen LogP contribution in [0.15, 0.2) is 6.33 Å². The first-order valence-electron chi connectivity index (χ1n) is 8.81. The second kappa shape index (κ2) is 6.99. The molecule has 0 bridgehead atoms. The third-order valence-electron chi connectivity index (χ3n) is 4.96. The number of phosphoric acid groups is 1. The van der Waals surface area contributed by atoms with Crippen LogP contribution in [0.2, 0.25) is 0 Å². The van der Waals surface area contributed by atoms with Gasteiger partial charge in [-0.25, -0.2) is 9.55 Å². The van der Waals surface area contributed by atoms with E-state index in [0.29, 0.717) is 29.4 Å². The number of nitrogen functional groups attached to an aromatic ring is 1. The van der Waals surface area contributed by atoms with Gasteiger partial charge in [0.25, 0.3) is 0 Å². The minimum absolute atomic E-state index is 0.119. The Balaban J connectivity index is 1.65. The van der Waals surface area contributed by atoms with E-state index in [4.69, 9.17) is 26.7 Å². The zero-order valence-electron chi connectivity index (χ0n) is 15.2. The summed E-state index contributed by atoms with van der Waals surface area (Å²) in [5.74, 6) is 3.09. The Bertz CT molecular complexity index is 980. The Hall–Kier alpha value is -2.22. The number of anilines is 2. The van der Waals surface area contributed by atoms with E-state index in [0.717, 1.165) is 12.8 Å². The molecule has 12 heteroatoms. The van der Waals surface area contributed by atoms with Gasteiger partial charge in [-0.15, -0.1) is 6.42 Å². The molecule has 150 valence electrons. The zero-order chi connectivity index (χ0) is 20.1. The Morgan fingerprint density at radius 1 is 1.50 bits per heavy atom. The molecule has 1 saturated heterocycles. The molecule has 0 radical (unpaired) electrons. The van der Waals surface area contributed by atoms with Gasteiger partial charge in [0.2, 0.25) is 5.95 Å². The summed E-state index contributed by atoms with van der Waals surface area (Å²) in [7, 11) is -2.64. The third-order valence-corrected chi connectivity index (χ3v) is 5.44. The summed E-state index contributed by atoms with van der Waals surface area (Å²) in [4.78, 5) is 33.0. The van der Waals surface area contributed by atoms with Crippen molar-refractivity contribution in [3.63, 3.8) is 0 Å². The van der Waals surface area contributed by atoms with Crippen LogP contribution in [0.5, 0.6) is 0 Å². The molecule has 0 spiro atoms. The van der Waals surface area contributed by atoms with Gasteiger partial charge in [0.15, 0.2) is 23.2 Å². The van der Waals surface area contributed by atoms with Gasteiger partial charge in [-0.05, 0) is 19.3 Å². The molecule has 3 heterocycles. The maximum Gasteiger partial charge on any atom is 0.469 e. The van der Waals surface area contributed by atoms with E-state index in [1.807, 2.05) is 11.9 Å². The Morgan fingerprint density at radius 3 is 2.89 bits per heavy atom. The van der Waals surface area contributed by atoms with E-state index in [1.54, 1.807) is 10.9 Å². The summed E-state index contributed by atoms with van der Waals surface area (Å²) in [6, 6.07) is 0.415. The van der Waals surface area contributed by atoms with E-state index in [9.17, 15) is 4.57 Å². The number of fused-ring (bicyclic) bond motifs is 1. The van der Waals surface area contributed by atoms with Crippen molar-refractivity contribution < 1.29 is 23.6 Å². The van der Waals surface area contributed by atoms with Gasteiger partial charge in [-0.2, -0.15) is 9.97 Å². The number of nitrogens with zero attached hydrogens (tertiary/aromatic N) is 5. The van der Waals surface area contributed by atoms with E-state index >= 15 is 0 Å². The highest BCUT2D eigenvalue weighted by molar-refractivity contribution is 7.46. The van der Waals surface area contributed by atoms with Crippen molar-refractivity contribution in [1.82, 2.24) is 19.5 Å². The number of ether oxygens (including phenoxy) is 1. The lowest BCUT2D eigenvalue weighted by atomic mass is 10.0. The maximum atomic E-state index is 10.9. The average molecular weight is 408 g/mol. The van der Waals surface area contributed by atoms with E-state index in [-0.39, 0.29) is 18.5 Å². The monoisotopic (exact) mass is 408 g/mol. The van der Waals surface area contributed by atoms with Crippen LogP contribution in [0.1, 0.15) is 25.5 Å². The molecule has 3 atom stereocenters. The summed E-state index contributed by atoms with van der Waals surface area (Å²) in [6.45, 7) is -0.265. The molecule has 28 heavy (non-hydrogen) atoms. The van der Waals surface area contributed by atoms with Crippen molar-refractivity contribution >= 4 is 30.8 Å². The average Bonchev–Trinajstić information content (AvgIpc) is 3.27. The molecule has 0 amide bonds. The van der Waals surface area contributed by atoms with Crippen LogP contribution >= 0.6 is 7.82 Å². The van der Waals surface area contributed by atoms with E-state index in [2.05, 4.69) is 25.4 Å².